The van der Waals surface area contributed by atoms with Crippen LogP contribution in [0.4, 0.5) is 15.5 Å². The lowest BCUT2D eigenvalue weighted by Gasteiger charge is -2.25. The number of primary amides is 1. The van der Waals surface area contributed by atoms with Crippen molar-refractivity contribution >= 4 is 58.0 Å². The molecule has 1 aromatic heterocycles. The first-order valence-corrected chi connectivity index (χ1v) is 9.18. The van der Waals surface area contributed by atoms with Crippen LogP contribution in [0, 0.1) is 0 Å². The van der Waals surface area contributed by atoms with Gasteiger partial charge in [0.15, 0.2) is 0 Å². The van der Waals surface area contributed by atoms with Crippen LogP contribution in [0.5, 0.6) is 0 Å². The number of urea groups is 1. The first-order chi connectivity index (χ1) is 12.0. The summed E-state index contributed by atoms with van der Waals surface area (Å²) in [6, 6.07) is 6.50. The lowest BCUT2D eigenvalue weighted by molar-refractivity contribution is 0.1000. The Labute approximate surface area is 167 Å². The van der Waals surface area contributed by atoms with Crippen molar-refractivity contribution in [3.63, 3.8) is 0 Å². The Morgan fingerprint density at radius 1 is 1.31 bits per heavy atom. The van der Waals surface area contributed by atoms with Crippen molar-refractivity contribution in [1.29, 1.82) is 0 Å². The molecule has 0 fully saturated rings. The van der Waals surface area contributed by atoms with Crippen LogP contribution in [0.3, 0.4) is 0 Å². The summed E-state index contributed by atoms with van der Waals surface area (Å²) in [5, 5.41) is 6.36. The van der Waals surface area contributed by atoms with Crippen molar-refractivity contribution < 1.29 is 9.59 Å². The molecule has 0 bridgehead atoms. The molecule has 9 heteroatoms. The predicted octanol–water partition coefficient (Wildman–Crippen LogP) is 3.94. The van der Waals surface area contributed by atoms with Crippen LogP contribution >= 0.6 is 35.3 Å². The molecular weight excluding hydrogens is 395 g/mol. The second-order valence-corrected chi connectivity index (χ2v) is 7.26. The number of fused-ring (bicyclic) bond motifs is 1. The van der Waals surface area contributed by atoms with E-state index in [-0.39, 0.29) is 12.4 Å². The SMILES string of the molecule is CCN1CCc2c(sc(NC(=O)Nc3ccccc3Cl)c2C(N)=O)C1.Cl. The van der Waals surface area contributed by atoms with Crippen molar-refractivity contribution in [2.45, 2.75) is 19.9 Å². The van der Waals surface area contributed by atoms with Gasteiger partial charge in [0.2, 0.25) is 0 Å². The van der Waals surface area contributed by atoms with E-state index in [0.29, 0.717) is 21.3 Å². The summed E-state index contributed by atoms with van der Waals surface area (Å²) in [6.45, 7) is 4.69. The third kappa shape index (κ3) is 4.29. The van der Waals surface area contributed by atoms with Crippen molar-refractivity contribution in [2.75, 3.05) is 23.7 Å². The fourth-order valence-electron chi connectivity index (χ4n) is 2.89. The van der Waals surface area contributed by atoms with Crippen LogP contribution in [0.2, 0.25) is 5.02 Å². The molecule has 1 aliphatic rings. The van der Waals surface area contributed by atoms with Gasteiger partial charge in [-0.15, -0.1) is 23.7 Å². The number of para-hydroxylation sites is 1. The van der Waals surface area contributed by atoms with Gasteiger partial charge in [0.1, 0.15) is 5.00 Å². The standard InChI is InChI=1S/C17H19ClN4O2S.ClH/c1-2-22-8-7-10-13(9-22)25-16(14(10)15(19)23)21-17(24)20-12-6-4-3-5-11(12)18;/h3-6H,2,7-9H2,1H3,(H2,19,23)(H2,20,21,24);1H. The zero-order valence-electron chi connectivity index (χ0n) is 14.2. The monoisotopic (exact) mass is 414 g/mol. The Hall–Kier alpha value is -1.80. The summed E-state index contributed by atoms with van der Waals surface area (Å²) in [5.41, 5.74) is 7.44. The maximum atomic E-state index is 12.3. The summed E-state index contributed by atoms with van der Waals surface area (Å²) in [5.74, 6) is -0.518. The quantitative estimate of drug-likeness (QED) is 0.707. The predicted molar refractivity (Wildman–Crippen MR) is 109 cm³/mol. The number of nitrogens with zero attached hydrogens (tertiary/aromatic N) is 1. The number of hydrogen-bond donors (Lipinski definition) is 3. The van der Waals surface area contributed by atoms with Gasteiger partial charge in [0.25, 0.3) is 5.91 Å². The number of halogens is 2. The number of carbonyl (C=O) groups excluding carboxylic acids is 2. The first kappa shape index (κ1) is 20.5. The average molecular weight is 415 g/mol. The minimum atomic E-state index is -0.518. The van der Waals surface area contributed by atoms with Crippen molar-refractivity contribution in [3.8, 4) is 0 Å². The highest BCUT2D eigenvalue weighted by Gasteiger charge is 2.27. The summed E-state index contributed by atoms with van der Waals surface area (Å²) in [6.07, 6.45) is 0.756. The zero-order valence-corrected chi connectivity index (χ0v) is 16.6. The van der Waals surface area contributed by atoms with Crippen LogP contribution in [-0.4, -0.2) is 29.9 Å². The van der Waals surface area contributed by atoms with E-state index in [9.17, 15) is 9.59 Å². The van der Waals surface area contributed by atoms with Crippen LogP contribution in [0.25, 0.3) is 0 Å². The third-order valence-corrected chi connectivity index (χ3v) is 5.64. The molecule has 3 rings (SSSR count). The Morgan fingerprint density at radius 2 is 2.04 bits per heavy atom. The molecular formula is C17H20Cl2N4O2S. The van der Waals surface area contributed by atoms with E-state index in [1.165, 1.54) is 11.3 Å². The van der Waals surface area contributed by atoms with Gasteiger partial charge in [0, 0.05) is 18.0 Å². The minimum Gasteiger partial charge on any atom is -0.365 e. The summed E-state index contributed by atoms with van der Waals surface area (Å²) in [7, 11) is 0. The molecule has 140 valence electrons. The molecule has 0 saturated carbocycles. The normalized spacial score (nSPS) is 13.5. The zero-order chi connectivity index (χ0) is 18.0. The molecule has 0 radical (unpaired) electrons. The molecule has 3 amide bonds. The highest BCUT2D eigenvalue weighted by molar-refractivity contribution is 7.17. The Bertz CT molecular complexity index is 825. The maximum Gasteiger partial charge on any atom is 0.324 e. The lowest BCUT2D eigenvalue weighted by atomic mass is 10.0. The largest absolute Gasteiger partial charge is 0.365 e. The number of hydrogen-bond acceptors (Lipinski definition) is 4. The van der Waals surface area contributed by atoms with E-state index in [1.54, 1.807) is 24.3 Å². The maximum absolute atomic E-state index is 12.3. The Morgan fingerprint density at radius 3 is 2.69 bits per heavy atom. The fraction of sp³-hybridized carbons (Fsp3) is 0.294. The minimum absolute atomic E-state index is 0. The molecule has 1 aliphatic heterocycles. The first-order valence-electron chi connectivity index (χ1n) is 7.98. The molecule has 0 saturated heterocycles. The molecule has 0 atom stereocenters. The number of rotatable bonds is 4. The van der Waals surface area contributed by atoms with E-state index in [2.05, 4.69) is 22.5 Å². The van der Waals surface area contributed by atoms with Crippen LogP contribution in [-0.2, 0) is 13.0 Å². The number of thiophene rings is 1. The smallest absolute Gasteiger partial charge is 0.324 e. The van der Waals surface area contributed by atoms with E-state index in [0.717, 1.165) is 36.5 Å². The molecule has 26 heavy (non-hydrogen) atoms. The fourth-order valence-corrected chi connectivity index (χ4v) is 4.37. The van der Waals surface area contributed by atoms with E-state index in [4.69, 9.17) is 17.3 Å². The molecule has 4 N–H and O–H groups in total. The highest BCUT2D eigenvalue weighted by atomic mass is 35.5. The summed E-state index contributed by atoms with van der Waals surface area (Å²) < 4.78 is 0. The second-order valence-electron chi connectivity index (χ2n) is 5.75. The topological polar surface area (TPSA) is 87.5 Å². The Kier molecular flexibility index (Phi) is 6.88. The number of carbonyl (C=O) groups is 2. The molecule has 1 aromatic carbocycles. The van der Waals surface area contributed by atoms with Gasteiger partial charge in [-0.05, 0) is 30.7 Å². The van der Waals surface area contributed by atoms with Gasteiger partial charge in [-0.3, -0.25) is 15.0 Å². The molecule has 0 unspecified atom stereocenters. The number of anilines is 2. The van der Waals surface area contributed by atoms with E-state index in [1.807, 2.05) is 0 Å². The number of benzene rings is 1. The van der Waals surface area contributed by atoms with Gasteiger partial charge in [0.05, 0.1) is 16.3 Å². The number of likely N-dealkylation sites (N-methyl/N-ethyl adjacent to an activating group) is 1. The molecule has 6 nitrogen and oxygen atoms in total. The lowest BCUT2D eigenvalue weighted by Crippen LogP contribution is -2.30. The van der Waals surface area contributed by atoms with Crippen molar-refractivity contribution in [3.05, 3.63) is 45.3 Å². The average Bonchev–Trinajstić information content (AvgIpc) is 2.93. The summed E-state index contributed by atoms with van der Waals surface area (Å²) >= 11 is 7.45. The second kappa shape index (κ2) is 8.73. The van der Waals surface area contributed by atoms with E-state index >= 15 is 0 Å². The van der Waals surface area contributed by atoms with E-state index < -0.39 is 11.9 Å². The van der Waals surface area contributed by atoms with Gasteiger partial charge in [-0.2, -0.15) is 0 Å². The number of nitrogens with one attached hydrogen (secondary N) is 2. The number of amides is 3. The highest BCUT2D eigenvalue weighted by Crippen LogP contribution is 2.37. The van der Waals surface area contributed by atoms with Crippen molar-refractivity contribution in [1.82, 2.24) is 4.90 Å². The van der Waals surface area contributed by atoms with Gasteiger partial charge in [-0.1, -0.05) is 30.7 Å². The number of nitrogens with two attached hydrogens (primary N) is 1. The van der Waals surface area contributed by atoms with Gasteiger partial charge in [-0.25, -0.2) is 4.79 Å². The molecule has 2 heterocycles. The van der Waals surface area contributed by atoms with Crippen LogP contribution in [0.1, 0.15) is 27.7 Å². The van der Waals surface area contributed by atoms with Gasteiger partial charge >= 0.3 is 6.03 Å². The van der Waals surface area contributed by atoms with Crippen LogP contribution < -0.4 is 16.4 Å². The van der Waals surface area contributed by atoms with Crippen LogP contribution in [0.15, 0.2) is 24.3 Å². The molecule has 0 aliphatic carbocycles. The molecule has 0 spiro atoms. The molecule has 2 aromatic rings. The van der Waals surface area contributed by atoms with Gasteiger partial charge < -0.3 is 11.1 Å². The Balaban J connectivity index is 0.00000243. The summed E-state index contributed by atoms with van der Waals surface area (Å²) in [4.78, 5) is 27.6. The van der Waals surface area contributed by atoms with Crippen molar-refractivity contribution in [2.24, 2.45) is 5.73 Å². The third-order valence-electron chi connectivity index (χ3n) is 4.18.